The number of carbonyl (C=O) groups is 1. The van der Waals surface area contributed by atoms with E-state index < -0.39 is 0 Å². The van der Waals surface area contributed by atoms with Gasteiger partial charge < -0.3 is 10.0 Å². The number of carbonyl (C=O) groups excluding carboxylic acids is 1. The van der Waals surface area contributed by atoms with Crippen molar-refractivity contribution in [1.29, 1.82) is 0 Å². The lowest BCUT2D eigenvalue weighted by atomic mass is 10.2. The fourth-order valence-electron chi connectivity index (χ4n) is 3.42. The Bertz CT molecular complexity index is 449. The van der Waals surface area contributed by atoms with Gasteiger partial charge in [0.2, 0.25) is 5.91 Å². The molecule has 5 heteroatoms. The van der Waals surface area contributed by atoms with E-state index in [1.165, 1.54) is 4.88 Å². The molecule has 2 atom stereocenters. The first-order chi connectivity index (χ1) is 9.79. The van der Waals surface area contributed by atoms with Gasteiger partial charge in [-0.15, -0.1) is 11.3 Å². The van der Waals surface area contributed by atoms with Crippen LogP contribution in [0, 0.1) is 0 Å². The molecule has 2 unspecified atom stereocenters. The van der Waals surface area contributed by atoms with Crippen LogP contribution in [0.1, 0.15) is 36.6 Å². The average molecular weight is 294 g/mol. The van der Waals surface area contributed by atoms with Crippen molar-refractivity contribution in [3.05, 3.63) is 22.4 Å². The minimum absolute atomic E-state index is 0.168. The van der Waals surface area contributed by atoms with Gasteiger partial charge in [0, 0.05) is 17.5 Å². The zero-order valence-corrected chi connectivity index (χ0v) is 12.5. The normalized spacial score (nSPS) is 27.4. The second-order valence-electron chi connectivity index (χ2n) is 5.71. The maximum absolute atomic E-state index is 12.6. The smallest absolute Gasteiger partial charge is 0.237 e. The van der Waals surface area contributed by atoms with Crippen LogP contribution in [0.5, 0.6) is 0 Å². The highest BCUT2D eigenvalue weighted by atomic mass is 32.1. The Morgan fingerprint density at radius 3 is 2.95 bits per heavy atom. The third-order valence-corrected chi connectivity index (χ3v) is 5.47. The molecule has 3 heterocycles. The first kappa shape index (κ1) is 14.0. The van der Waals surface area contributed by atoms with Gasteiger partial charge in [-0.25, -0.2) is 0 Å². The van der Waals surface area contributed by atoms with Gasteiger partial charge in [-0.1, -0.05) is 6.07 Å². The Hall–Kier alpha value is -0.910. The molecule has 2 aliphatic heterocycles. The maximum atomic E-state index is 12.6. The van der Waals surface area contributed by atoms with Crippen LogP contribution < -0.4 is 0 Å². The summed E-state index contributed by atoms with van der Waals surface area (Å²) in [6.45, 7) is 2.45. The van der Waals surface area contributed by atoms with Gasteiger partial charge in [0.15, 0.2) is 0 Å². The van der Waals surface area contributed by atoms with Gasteiger partial charge in [-0.3, -0.25) is 9.69 Å². The summed E-state index contributed by atoms with van der Waals surface area (Å²) in [5, 5.41) is 11.4. The van der Waals surface area contributed by atoms with Crippen molar-refractivity contribution in [2.24, 2.45) is 0 Å². The number of thiophene rings is 1. The number of aliphatic hydroxyl groups is 1. The molecule has 1 amide bonds. The molecule has 1 aromatic rings. The summed E-state index contributed by atoms with van der Waals surface area (Å²) in [5.74, 6) is 0.223. The van der Waals surface area contributed by atoms with Crippen LogP contribution in [-0.4, -0.2) is 53.1 Å². The molecule has 0 spiro atoms. The zero-order chi connectivity index (χ0) is 13.9. The number of aliphatic hydroxyl groups excluding tert-OH is 1. The highest BCUT2D eigenvalue weighted by Gasteiger charge is 2.33. The summed E-state index contributed by atoms with van der Waals surface area (Å²) in [4.78, 5) is 18.1. The summed E-state index contributed by atoms with van der Waals surface area (Å²) in [6, 6.07) is 4.65. The molecule has 0 aromatic carbocycles. The molecular formula is C15H22N2O2S. The predicted molar refractivity (Wildman–Crippen MR) is 79.7 cm³/mol. The quantitative estimate of drug-likeness (QED) is 0.922. The van der Waals surface area contributed by atoms with Crippen LogP contribution >= 0.6 is 11.3 Å². The molecule has 1 N–H and O–H groups in total. The van der Waals surface area contributed by atoms with Crippen LogP contribution in [0.2, 0.25) is 0 Å². The van der Waals surface area contributed by atoms with Crippen molar-refractivity contribution >= 4 is 17.2 Å². The second-order valence-corrected chi connectivity index (χ2v) is 6.69. The standard InChI is InChI=1S/C15H22N2O2S/c18-11-12-4-1-7-16(12)10-15(19)17-8-2-5-13(17)14-6-3-9-20-14/h3,6,9,12-13,18H,1-2,4-5,7-8,10-11H2. The molecule has 2 aliphatic rings. The predicted octanol–water partition coefficient (Wildman–Crippen LogP) is 1.87. The maximum Gasteiger partial charge on any atom is 0.237 e. The summed E-state index contributed by atoms with van der Waals surface area (Å²) < 4.78 is 0. The third kappa shape index (κ3) is 2.75. The third-order valence-electron chi connectivity index (χ3n) is 4.49. The largest absolute Gasteiger partial charge is 0.395 e. The minimum atomic E-state index is 0.168. The monoisotopic (exact) mass is 294 g/mol. The van der Waals surface area contributed by atoms with E-state index in [0.717, 1.165) is 38.8 Å². The molecule has 3 rings (SSSR count). The lowest BCUT2D eigenvalue weighted by Crippen LogP contribution is -2.42. The van der Waals surface area contributed by atoms with Gasteiger partial charge in [0.1, 0.15) is 0 Å². The number of rotatable bonds is 4. The molecule has 0 bridgehead atoms. The van der Waals surface area contributed by atoms with E-state index in [2.05, 4.69) is 22.4 Å². The second kappa shape index (κ2) is 6.24. The van der Waals surface area contributed by atoms with Crippen molar-refractivity contribution in [2.75, 3.05) is 26.2 Å². The summed E-state index contributed by atoms with van der Waals surface area (Å²) in [7, 11) is 0. The van der Waals surface area contributed by atoms with Gasteiger partial charge in [0.05, 0.1) is 19.2 Å². The van der Waals surface area contributed by atoms with E-state index in [1.807, 2.05) is 4.90 Å². The van der Waals surface area contributed by atoms with Crippen LogP contribution in [0.3, 0.4) is 0 Å². The fourth-order valence-corrected chi connectivity index (χ4v) is 4.29. The van der Waals surface area contributed by atoms with E-state index >= 15 is 0 Å². The van der Waals surface area contributed by atoms with E-state index in [0.29, 0.717) is 6.54 Å². The lowest BCUT2D eigenvalue weighted by Gasteiger charge is -2.28. The summed E-state index contributed by atoms with van der Waals surface area (Å²) in [5.41, 5.74) is 0. The Labute approximate surface area is 124 Å². The van der Waals surface area contributed by atoms with Crippen LogP contribution in [-0.2, 0) is 4.79 Å². The van der Waals surface area contributed by atoms with Gasteiger partial charge in [-0.05, 0) is 43.7 Å². The van der Waals surface area contributed by atoms with Crippen molar-refractivity contribution in [3.63, 3.8) is 0 Å². The Morgan fingerprint density at radius 1 is 1.35 bits per heavy atom. The SMILES string of the molecule is O=C(CN1CCCC1CO)N1CCCC1c1cccs1. The van der Waals surface area contributed by atoms with E-state index in [-0.39, 0.29) is 24.6 Å². The number of nitrogens with zero attached hydrogens (tertiary/aromatic N) is 2. The number of amides is 1. The molecule has 0 aliphatic carbocycles. The number of hydrogen-bond acceptors (Lipinski definition) is 4. The van der Waals surface area contributed by atoms with Crippen molar-refractivity contribution in [3.8, 4) is 0 Å². The number of likely N-dealkylation sites (tertiary alicyclic amines) is 2. The fraction of sp³-hybridized carbons (Fsp3) is 0.667. The first-order valence-corrected chi connectivity index (χ1v) is 8.35. The first-order valence-electron chi connectivity index (χ1n) is 7.47. The molecule has 0 saturated carbocycles. The van der Waals surface area contributed by atoms with Gasteiger partial charge >= 0.3 is 0 Å². The highest BCUT2D eigenvalue weighted by molar-refractivity contribution is 7.10. The summed E-state index contributed by atoms with van der Waals surface area (Å²) >= 11 is 1.74. The van der Waals surface area contributed by atoms with Gasteiger partial charge in [0.25, 0.3) is 0 Å². The average Bonchev–Trinajstić information content (AvgIpc) is 3.19. The Morgan fingerprint density at radius 2 is 2.20 bits per heavy atom. The molecular weight excluding hydrogens is 272 g/mol. The van der Waals surface area contributed by atoms with E-state index in [9.17, 15) is 9.90 Å². The Balaban J connectivity index is 1.64. The van der Waals surface area contributed by atoms with E-state index in [4.69, 9.17) is 0 Å². The molecule has 2 fully saturated rings. The van der Waals surface area contributed by atoms with E-state index in [1.54, 1.807) is 11.3 Å². The molecule has 110 valence electrons. The molecule has 20 heavy (non-hydrogen) atoms. The van der Waals surface area contributed by atoms with Crippen molar-refractivity contribution in [1.82, 2.24) is 9.80 Å². The molecule has 0 radical (unpaired) electrons. The topological polar surface area (TPSA) is 43.8 Å². The molecule has 2 saturated heterocycles. The lowest BCUT2D eigenvalue weighted by molar-refractivity contribution is -0.133. The van der Waals surface area contributed by atoms with Crippen molar-refractivity contribution in [2.45, 2.75) is 37.8 Å². The minimum Gasteiger partial charge on any atom is -0.395 e. The highest BCUT2D eigenvalue weighted by Crippen LogP contribution is 2.34. The Kier molecular flexibility index (Phi) is 4.38. The van der Waals surface area contributed by atoms with Gasteiger partial charge in [-0.2, -0.15) is 0 Å². The van der Waals surface area contributed by atoms with Crippen molar-refractivity contribution < 1.29 is 9.90 Å². The van der Waals surface area contributed by atoms with Crippen LogP contribution in [0.15, 0.2) is 17.5 Å². The molecule has 4 nitrogen and oxygen atoms in total. The molecule has 1 aromatic heterocycles. The van der Waals surface area contributed by atoms with Crippen LogP contribution in [0.25, 0.3) is 0 Å². The summed E-state index contributed by atoms with van der Waals surface area (Å²) in [6.07, 6.45) is 4.28. The number of hydrogen-bond donors (Lipinski definition) is 1. The zero-order valence-electron chi connectivity index (χ0n) is 11.7. The van der Waals surface area contributed by atoms with Crippen LogP contribution in [0.4, 0.5) is 0 Å².